The maximum absolute atomic E-state index is 13.3. The first-order valence-corrected chi connectivity index (χ1v) is 11.8. The van der Waals surface area contributed by atoms with Gasteiger partial charge in [-0.05, 0) is 42.7 Å². The van der Waals surface area contributed by atoms with Crippen molar-refractivity contribution in [2.24, 2.45) is 0 Å². The number of benzene rings is 2. The van der Waals surface area contributed by atoms with Gasteiger partial charge in [0.2, 0.25) is 15.9 Å². The number of anilines is 1. The van der Waals surface area contributed by atoms with Gasteiger partial charge in [0.15, 0.2) is 0 Å². The molecule has 6 nitrogen and oxygen atoms in total. The van der Waals surface area contributed by atoms with Crippen molar-refractivity contribution in [3.63, 3.8) is 0 Å². The molecule has 3 rings (SSSR count). The smallest absolute Gasteiger partial charge is 0.266 e. The van der Waals surface area contributed by atoms with E-state index in [1.54, 1.807) is 38.1 Å². The van der Waals surface area contributed by atoms with Crippen molar-refractivity contribution in [1.82, 2.24) is 4.72 Å². The van der Waals surface area contributed by atoms with Gasteiger partial charge in [-0.3, -0.25) is 14.5 Å². The molecule has 0 radical (unpaired) electrons. The van der Waals surface area contributed by atoms with Crippen molar-refractivity contribution in [3.05, 3.63) is 65.0 Å². The van der Waals surface area contributed by atoms with E-state index in [9.17, 15) is 22.4 Å². The lowest BCUT2D eigenvalue weighted by atomic mass is 10.0. The van der Waals surface area contributed by atoms with Crippen LogP contribution < -0.4 is 9.62 Å². The zero-order valence-electron chi connectivity index (χ0n) is 16.0. The fourth-order valence-corrected chi connectivity index (χ4v) is 5.41. The molecule has 0 bridgehead atoms. The van der Waals surface area contributed by atoms with Crippen molar-refractivity contribution < 1.29 is 22.4 Å². The van der Waals surface area contributed by atoms with Gasteiger partial charge >= 0.3 is 0 Å². The molecule has 1 heterocycles. The fraction of sp³-hybridized carbons (Fsp3) is 0.300. The van der Waals surface area contributed by atoms with E-state index in [1.165, 1.54) is 34.9 Å². The van der Waals surface area contributed by atoms with E-state index in [2.05, 4.69) is 4.72 Å². The maximum Gasteiger partial charge on any atom is 0.266 e. The number of sulfonamides is 1. The van der Waals surface area contributed by atoms with Crippen molar-refractivity contribution in [1.29, 1.82) is 0 Å². The lowest BCUT2D eigenvalue weighted by Gasteiger charge is -2.28. The Morgan fingerprint density at radius 1 is 1.24 bits per heavy atom. The number of carbonyl (C=O) groups excluding carboxylic acids is 2. The molecule has 0 aliphatic carbocycles. The molecule has 0 spiro atoms. The van der Waals surface area contributed by atoms with Crippen molar-refractivity contribution in [2.45, 2.75) is 25.6 Å². The Kier molecular flexibility index (Phi) is 6.28. The van der Waals surface area contributed by atoms with Crippen LogP contribution in [0.1, 0.15) is 40.2 Å². The lowest BCUT2D eigenvalue weighted by molar-refractivity contribution is -0.115. The van der Waals surface area contributed by atoms with Crippen LogP contribution in [0, 0.1) is 12.7 Å². The van der Waals surface area contributed by atoms with Gasteiger partial charge in [0.1, 0.15) is 11.2 Å². The molecule has 1 unspecified atom stereocenters. The average Bonchev–Trinajstić information content (AvgIpc) is 3.03. The molecule has 1 atom stereocenters. The van der Waals surface area contributed by atoms with Crippen LogP contribution in [0.2, 0.25) is 0 Å². The van der Waals surface area contributed by atoms with Crippen LogP contribution in [0.5, 0.6) is 0 Å². The van der Waals surface area contributed by atoms with E-state index in [-0.39, 0.29) is 28.8 Å². The minimum Gasteiger partial charge on any atom is -0.294 e. The van der Waals surface area contributed by atoms with Crippen LogP contribution in [0.15, 0.2) is 42.5 Å². The van der Waals surface area contributed by atoms with Gasteiger partial charge in [0, 0.05) is 0 Å². The van der Waals surface area contributed by atoms with Gasteiger partial charge in [-0.15, -0.1) is 11.8 Å². The molecule has 29 heavy (non-hydrogen) atoms. The predicted octanol–water partition coefficient (Wildman–Crippen LogP) is 3.38. The van der Waals surface area contributed by atoms with Gasteiger partial charge in [0.25, 0.3) is 5.91 Å². The van der Waals surface area contributed by atoms with Gasteiger partial charge in [-0.25, -0.2) is 17.5 Å². The highest BCUT2D eigenvalue weighted by molar-refractivity contribution is 8.00. The molecule has 9 heteroatoms. The van der Waals surface area contributed by atoms with Gasteiger partial charge in [0.05, 0.1) is 22.8 Å². The second-order valence-corrected chi connectivity index (χ2v) is 9.61. The molecule has 1 N–H and O–H groups in total. The van der Waals surface area contributed by atoms with Crippen LogP contribution in [0.25, 0.3) is 0 Å². The molecule has 1 aliphatic heterocycles. The van der Waals surface area contributed by atoms with Crippen LogP contribution in [-0.2, 0) is 14.8 Å². The summed E-state index contributed by atoms with van der Waals surface area (Å²) in [6.07, 6.45) is 0.372. The second kappa shape index (κ2) is 8.54. The summed E-state index contributed by atoms with van der Waals surface area (Å²) in [5, 5.41) is -0.442. The summed E-state index contributed by atoms with van der Waals surface area (Å²) < 4.78 is 39.5. The Labute approximate surface area is 173 Å². The molecule has 2 aromatic carbocycles. The van der Waals surface area contributed by atoms with Crippen molar-refractivity contribution in [3.8, 4) is 0 Å². The molecule has 2 aromatic rings. The Hall–Kier alpha value is -2.39. The van der Waals surface area contributed by atoms with E-state index < -0.39 is 21.3 Å². The number of thioether (sulfide) groups is 1. The molecule has 1 saturated heterocycles. The number of halogens is 1. The Bertz CT molecular complexity index is 1040. The number of nitrogens with one attached hydrogen (secondary N) is 1. The molecular weight excluding hydrogens is 415 g/mol. The average molecular weight is 437 g/mol. The highest BCUT2D eigenvalue weighted by Crippen LogP contribution is 2.44. The number of hydrogen-bond acceptors (Lipinski definition) is 5. The largest absolute Gasteiger partial charge is 0.294 e. The van der Waals surface area contributed by atoms with E-state index in [1.807, 2.05) is 0 Å². The van der Waals surface area contributed by atoms with Gasteiger partial charge < -0.3 is 0 Å². The van der Waals surface area contributed by atoms with Crippen LogP contribution in [-0.4, -0.2) is 31.7 Å². The first-order valence-electron chi connectivity index (χ1n) is 9.07. The summed E-state index contributed by atoms with van der Waals surface area (Å²) in [5.74, 6) is -1.34. The van der Waals surface area contributed by atoms with Crippen LogP contribution >= 0.6 is 11.8 Å². The minimum absolute atomic E-state index is 0.104. The quantitative estimate of drug-likeness (QED) is 0.751. The zero-order valence-corrected chi connectivity index (χ0v) is 17.6. The third-order valence-corrected chi connectivity index (χ3v) is 7.12. The van der Waals surface area contributed by atoms with E-state index >= 15 is 0 Å². The van der Waals surface area contributed by atoms with Crippen LogP contribution in [0.4, 0.5) is 10.1 Å². The van der Waals surface area contributed by atoms with Crippen LogP contribution in [0.3, 0.4) is 0 Å². The lowest BCUT2D eigenvalue weighted by Crippen LogP contribution is -2.35. The van der Waals surface area contributed by atoms with E-state index in [0.717, 1.165) is 5.56 Å². The number of carbonyl (C=O) groups is 2. The van der Waals surface area contributed by atoms with E-state index in [4.69, 9.17) is 0 Å². The Morgan fingerprint density at radius 2 is 1.93 bits per heavy atom. The van der Waals surface area contributed by atoms with Crippen molar-refractivity contribution >= 4 is 39.3 Å². The summed E-state index contributed by atoms with van der Waals surface area (Å²) in [6.45, 7) is 3.46. The number of rotatable bonds is 6. The third-order valence-electron chi connectivity index (χ3n) is 4.47. The van der Waals surface area contributed by atoms with Gasteiger partial charge in [-0.1, -0.05) is 31.2 Å². The van der Waals surface area contributed by atoms with E-state index in [0.29, 0.717) is 17.7 Å². The zero-order chi connectivity index (χ0) is 21.2. The third kappa shape index (κ3) is 4.62. The molecule has 1 fully saturated rings. The summed E-state index contributed by atoms with van der Waals surface area (Å²) in [5.41, 5.74) is 1.85. The molecule has 0 saturated carbocycles. The fourth-order valence-electron chi connectivity index (χ4n) is 3.22. The number of para-hydroxylation sites is 1. The SMILES string of the molecule is CCCS(=O)(=O)NC(=O)c1cccc(C)c1N1C(=O)CSC1c1ccc(F)cc1. The summed E-state index contributed by atoms with van der Waals surface area (Å²) in [4.78, 5) is 27.0. The number of amides is 2. The number of nitrogens with zero attached hydrogens (tertiary/aromatic N) is 1. The monoisotopic (exact) mass is 436 g/mol. The molecule has 1 aliphatic rings. The standard InChI is InChI=1S/C20H21FN2O4S2/c1-3-11-29(26,27)22-19(25)16-6-4-5-13(2)18(16)23-17(24)12-28-20(23)14-7-9-15(21)10-8-14/h4-10,20H,3,11-12H2,1-2H3,(H,22,25). The summed E-state index contributed by atoms with van der Waals surface area (Å²) in [7, 11) is -3.77. The Balaban J connectivity index is 2.04. The Morgan fingerprint density at radius 3 is 2.59 bits per heavy atom. The highest BCUT2D eigenvalue weighted by atomic mass is 32.2. The molecule has 0 aromatic heterocycles. The number of aryl methyl sites for hydroxylation is 1. The summed E-state index contributed by atoms with van der Waals surface area (Å²) >= 11 is 1.37. The van der Waals surface area contributed by atoms with Crippen molar-refractivity contribution in [2.75, 3.05) is 16.4 Å². The topological polar surface area (TPSA) is 83.6 Å². The highest BCUT2D eigenvalue weighted by Gasteiger charge is 2.37. The maximum atomic E-state index is 13.3. The predicted molar refractivity (Wildman–Crippen MR) is 112 cm³/mol. The summed E-state index contributed by atoms with van der Waals surface area (Å²) in [6, 6.07) is 10.7. The number of hydrogen-bond donors (Lipinski definition) is 1. The van der Waals surface area contributed by atoms with Gasteiger partial charge in [-0.2, -0.15) is 0 Å². The first kappa shape index (κ1) is 21.3. The molecule has 154 valence electrons. The molecular formula is C20H21FN2O4S2. The normalized spacial score (nSPS) is 16.9. The minimum atomic E-state index is -3.77. The first-order chi connectivity index (χ1) is 13.7. The second-order valence-electron chi connectivity index (χ2n) is 6.70. The molecule has 2 amide bonds.